The van der Waals surface area contributed by atoms with Crippen LogP contribution >= 0.6 is 0 Å². The summed E-state index contributed by atoms with van der Waals surface area (Å²) < 4.78 is 18.1. The fourth-order valence-corrected chi connectivity index (χ4v) is 4.73. The van der Waals surface area contributed by atoms with Gasteiger partial charge in [-0.2, -0.15) is 0 Å². The summed E-state index contributed by atoms with van der Waals surface area (Å²) >= 11 is 0. The van der Waals surface area contributed by atoms with E-state index in [0.29, 0.717) is 24.4 Å². The van der Waals surface area contributed by atoms with Crippen molar-refractivity contribution in [1.29, 1.82) is 0 Å². The molecule has 3 fully saturated rings. The van der Waals surface area contributed by atoms with Crippen LogP contribution in [-0.4, -0.2) is 61.2 Å². The van der Waals surface area contributed by atoms with Crippen molar-refractivity contribution in [2.45, 2.75) is 110 Å². The monoisotopic (exact) mass is 395 g/mol. The summed E-state index contributed by atoms with van der Waals surface area (Å²) in [7, 11) is 0. The van der Waals surface area contributed by atoms with E-state index >= 15 is 0 Å². The minimum Gasteiger partial charge on any atom is -0.378 e. The second kappa shape index (κ2) is 9.76. The smallest absolute Gasteiger partial charge is 0.0828 e. The van der Waals surface area contributed by atoms with Gasteiger partial charge in [-0.15, -0.1) is 0 Å². The van der Waals surface area contributed by atoms with Gasteiger partial charge in [0.1, 0.15) is 0 Å². The van der Waals surface area contributed by atoms with Gasteiger partial charge in [-0.25, -0.2) is 0 Å². The molecule has 4 heteroatoms. The molecule has 2 aliphatic carbocycles. The van der Waals surface area contributed by atoms with Gasteiger partial charge in [-0.05, 0) is 84.0 Å². The molecule has 4 nitrogen and oxygen atoms in total. The van der Waals surface area contributed by atoms with E-state index in [4.69, 9.17) is 14.2 Å². The summed E-state index contributed by atoms with van der Waals surface area (Å²) in [6.45, 7) is 17.5. The van der Waals surface area contributed by atoms with Crippen LogP contribution in [0.25, 0.3) is 0 Å². The lowest BCUT2D eigenvalue weighted by Gasteiger charge is -2.44. The molecule has 0 N–H and O–H groups in total. The first-order valence-electron chi connectivity index (χ1n) is 11.8. The molecule has 3 rings (SSSR count). The molecular weight excluding hydrogens is 350 g/mol. The molecule has 1 saturated heterocycles. The number of rotatable bonds is 11. The average Bonchev–Trinajstić information content (AvgIpc) is 2.48. The SMILES string of the molecule is CC(C)[C@H](C)N1CC(OCCC2CC(CCOC3CC(OC(C)(C)C)C3)C2)C1. The molecule has 0 unspecified atom stereocenters. The highest BCUT2D eigenvalue weighted by atomic mass is 16.5. The summed E-state index contributed by atoms with van der Waals surface area (Å²) in [6.07, 6.45) is 8.76. The maximum absolute atomic E-state index is 6.08. The first kappa shape index (κ1) is 22.5. The third kappa shape index (κ3) is 6.68. The fraction of sp³-hybridized carbons (Fsp3) is 1.00. The Bertz CT molecular complexity index is 457. The molecule has 0 aromatic heterocycles. The van der Waals surface area contributed by atoms with Crippen molar-refractivity contribution in [1.82, 2.24) is 4.90 Å². The molecule has 0 spiro atoms. The van der Waals surface area contributed by atoms with Gasteiger partial charge in [0.15, 0.2) is 0 Å². The molecule has 28 heavy (non-hydrogen) atoms. The van der Waals surface area contributed by atoms with Crippen LogP contribution in [0.1, 0.15) is 80.1 Å². The first-order chi connectivity index (χ1) is 13.2. The lowest BCUT2D eigenvalue weighted by atomic mass is 9.72. The Labute approximate surface area is 173 Å². The Kier molecular flexibility index (Phi) is 7.86. The van der Waals surface area contributed by atoms with Crippen molar-refractivity contribution in [3.63, 3.8) is 0 Å². The summed E-state index contributed by atoms with van der Waals surface area (Å²) in [5, 5.41) is 0. The average molecular weight is 396 g/mol. The molecule has 0 aromatic rings. The molecular formula is C24H45NO3. The standard InChI is InChI=1S/C24H45NO3/c1-17(2)18(3)25-15-23(16-25)27-10-8-20-11-19(12-20)7-9-26-21-13-22(14-21)28-24(4,5)6/h17-23H,7-16H2,1-6H3/t18-,19?,20?,21?,22?/m0/s1. The molecule has 0 aromatic carbocycles. The highest BCUT2D eigenvalue weighted by molar-refractivity contribution is 4.87. The summed E-state index contributed by atoms with van der Waals surface area (Å²) in [6, 6.07) is 0.686. The maximum Gasteiger partial charge on any atom is 0.0828 e. The summed E-state index contributed by atoms with van der Waals surface area (Å²) in [5.74, 6) is 2.52. The summed E-state index contributed by atoms with van der Waals surface area (Å²) in [4.78, 5) is 2.55. The van der Waals surface area contributed by atoms with Crippen LogP contribution in [0.3, 0.4) is 0 Å². The van der Waals surface area contributed by atoms with Crippen molar-refractivity contribution in [3.8, 4) is 0 Å². The van der Waals surface area contributed by atoms with E-state index < -0.39 is 0 Å². The molecule has 3 aliphatic rings. The molecule has 0 radical (unpaired) electrons. The largest absolute Gasteiger partial charge is 0.378 e. The van der Waals surface area contributed by atoms with E-state index in [9.17, 15) is 0 Å². The molecule has 0 bridgehead atoms. The van der Waals surface area contributed by atoms with Crippen molar-refractivity contribution < 1.29 is 14.2 Å². The third-order valence-corrected chi connectivity index (χ3v) is 7.08. The van der Waals surface area contributed by atoms with Crippen molar-refractivity contribution in [2.75, 3.05) is 26.3 Å². The topological polar surface area (TPSA) is 30.9 Å². The Morgan fingerprint density at radius 2 is 1.32 bits per heavy atom. The highest BCUT2D eigenvalue weighted by Crippen LogP contribution is 2.39. The van der Waals surface area contributed by atoms with E-state index in [0.717, 1.165) is 56.9 Å². The molecule has 1 atom stereocenters. The lowest BCUT2D eigenvalue weighted by Crippen LogP contribution is -2.57. The number of nitrogens with zero attached hydrogens (tertiary/aromatic N) is 1. The molecule has 2 saturated carbocycles. The second-order valence-electron chi connectivity index (χ2n) is 11.0. The minimum absolute atomic E-state index is 0.0230. The van der Waals surface area contributed by atoms with Gasteiger partial charge in [0, 0.05) is 32.3 Å². The number of hydrogen-bond acceptors (Lipinski definition) is 4. The Morgan fingerprint density at radius 1 is 0.786 bits per heavy atom. The van der Waals surface area contributed by atoms with Crippen LogP contribution in [0.4, 0.5) is 0 Å². The van der Waals surface area contributed by atoms with Crippen LogP contribution in [-0.2, 0) is 14.2 Å². The number of likely N-dealkylation sites (tertiary alicyclic amines) is 1. The van der Waals surface area contributed by atoms with Crippen LogP contribution in [0.2, 0.25) is 0 Å². The van der Waals surface area contributed by atoms with E-state index in [1.54, 1.807) is 0 Å². The van der Waals surface area contributed by atoms with E-state index in [1.165, 1.54) is 25.7 Å². The van der Waals surface area contributed by atoms with Gasteiger partial charge in [-0.1, -0.05) is 13.8 Å². The van der Waals surface area contributed by atoms with E-state index in [2.05, 4.69) is 46.4 Å². The quantitative estimate of drug-likeness (QED) is 0.498. The van der Waals surface area contributed by atoms with Gasteiger partial charge in [0.05, 0.1) is 23.9 Å². The Balaban J connectivity index is 1.12. The second-order valence-corrected chi connectivity index (χ2v) is 11.0. The Morgan fingerprint density at radius 3 is 1.82 bits per heavy atom. The number of hydrogen-bond donors (Lipinski definition) is 0. The maximum atomic E-state index is 6.08. The van der Waals surface area contributed by atoms with Crippen LogP contribution < -0.4 is 0 Å². The highest BCUT2D eigenvalue weighted by Gasteiger charge is 2.35. The lowest BCUT2D eigenvalue weighted by molar-refractivity contribution is -0.150. The van der Waals surface area contributed by atoms with Gasteiger partial charge in [0.25, 0.3) is 0 Å². The fourth-order valence-electron chi connectivity index (χ4n) is 4.73. The van der Waals surface area contributed by atoms with Crippen molar-refractivity contribution in [3.05, 3.63) is 0 Å². The van der Waals surface area contributed by atoms with Crippen molar-refractivity contribution in [2.24, 2.45) is 17.8 Å². The summed E-state index contributed by atoms with van der Waals surface area (Å²) in [5.41, 5.74) is -0.0230. The molecule has 1 aliphatic heterocycles. The van der Waals surface area contributed by atoms with E-state index in [-0.39, 0.29) is 5.60 Å². The zero-order valence-corrected chi connectivity index (χ0v) is 19.3. The Hall–Kier alpha value is -0.160. The normalized spacial score (nSPS) is 32.7. The molecule has 164 valence electrons. The number of ether oxygens (including phenoxy) is 3. The zero-order chi connectivity index (χ0) is 20.3. The predicted molar refractivity (Wildman–Crippen MR) is 115 cm³/mol. The molecule has 1 heterocycles. The third-order valence-electron chi connectivity index (χ3n) is 7.08. The van der Waals surface area contributed by atoms with Crippen molar-refractivity contribution >= 4 is 0 Å². The van der Waals surface area contributed by atoms with E-state index in [1.807, 2.05) is 0 Å². The van der Waals surface area contributed by atoms with Gasteiger partial charge < -0.3 is 14.2 Å². The van der Waals surface area contributed by atoms with Crippen LogP contribution in [0.5, 0.6) is 0 Å². The van der Waals surface area contributed by atoms with Crippen LogP contribution in [0, 0.1) is 17.8 Å². The predicted octanol–water partition coefficient (Wildman–Crippen LogP) is 4.90. The zero-order valence-electron chi connectivity index (χ0n) is 19.3. The first-order valence-corrected chi connectivity index (χ1v) is 11.8. The van der Waals surface area contributed by atoms with Crippen LogP contribution in [0.15, 0.2) is 0 Å². The van der Waals surface area contributed by atoms with Gasteiger partial charge in [-0.3, -0.25) is 4.90 Å². The van der Waals surface area contributed by atoms with Gasteiger partial charge >= 0.3 is 0 Å². The van der Waals surface area contributed by atoms with Gasteiger partial charge in [0.2, 0.25) is 0 Å². The minimum atomic E-state index is -0.0230. The molecule has 0 amide bonds.